The molecule has 0 aromatic rings. The first kappa shape index (κ1) is 70.5. The zero-order chi connectivity index (χ0) is 64.9. The summed E-state index contributed by atoms with van der Waals surface area (Å²) in [6.45, 7) is 24.9. The molecule has 0 aromatic heterocycles. The second-order valence-corrected chi connectivity index (χ2v) is 28.4. The highest BCUT2D eigenvalue weighted by atomic mass is 16.8. The zero-order valence-electron chi connectivity index (χ0n) is 55.1. The molecule has 2 saturated heterocycles. The van der Waals surface area contributed by atoms with Gasteiger partial charge >= 0.3 is 47.8 Å². The van der Waals surface area contributed by atoms with Gasteiger partial charge in [-0.3, -0.25) is 43.2 Å². The Kier molecular flexibility index (Phi) is 23.0. The fourth-order valence-electron chi connectivity index (χ4n) is 17.1. The van der Waals surface area contributed by atoms with Gasteiger partial charge < -0.3 is 56.8 Å². The third kappa shape index (κ3) is 15.2. The Morgan fingerprint density at radius 2 is 0.989 bits per heavy atom. The zero-order valence-corrected chi connectivity index (χ0v) is 55.1. The molecule has 496 valence electrons. The summed E-state index contributed by atoms with van der Waals surface area (Å²) in [5.74, 6) is -6.25. The largest absolute Gasteiger partial charge is 0.465 e. The van der Waals surface area contributed by atoms with Crippen molar-refractivity contribution >= 4 is 53.5 Å². The summed E-state index contributed by atoms with van der Waals surface area (Å²) in [6, 6.07) is 0. The maximum absolute atomic E-state index is 15.5. The van der Waals surface area contributed by atoms with Crippen molar-refractivity contribution in [1.82, 2.24) is 0 Å². The molecule has 88 heavy (non-hydrogen) atoms. The first-order valence-electron chi connectivity index (χ1n) is 32.4. The molecule has 0 unspecified atom stereocenters. The molecule has 19 atom stereocenters. The van der Waals surface area contributed by atoms with Gasteiger partial charge in [0.05, 0.1) is 18.1 Å². The summed E-state index contributed by atoms with van der Waals surface area (Å²) in [5, 5.41) is 0. The Hall–Kier alpha value is -4.99. The summed E-state index contributed by atoms with van der Waals surface area (Å²) < 4.78 is 72.5. The van der Waals surface area contributed by atoms with Crippen LogP contribution in [0.2, 0.25) is 0 Å². The summed E-state index contributed by atoms with van der Waals surface area (Å²) in [7, 11) is 0. The minimum absolute atomic E-state index is 0.0383. The van der Waals surface area contributed by atoms with Crippen molar-refractivity contribution in [3.8, 4) is 0 Å². The van der Waals surface area contributed by atoms with E-state index in [9.17, 15) is 38.4 Å². The highest BCUT2D eigenvalue weighted by molar-refractivity contribution is 5.96. The summed E-state index contributed by atoms with van der Waals surface area (Å²) >= 11 is 0. The molecule has 0 spiro atoms. The number of ketones is 1. The molecule has 21 nitrogen and oxygen atoms in total. The van der Waals surface area contributed by atoms with Crippen molar-refractivity contribution in [3.63, 3.8) is 0 Å². The van der Waals surface area contributed by atoms with Crippen LogP contribution >= 0.6 is 0 Å². The number of rotatable bonds is 24. The van der Waals surface area contributed by atoms with E-state index in [1.54, 1.807) is 0 Å². The van der Waals surface area contributed by atoms with Gasteiger partial charge in [0, 0.05) is 54.4 Å². The lowest BCUT2D eigenvalue weighted by Crippen LogP contribution is -2.68. The molecule has 0 N–H and O–H groups in total. The van der Waals surface area contributed by atoms with Crippen molar-refractivity contribution in [1.29, 1.82) is 0 Å². The molecular weight excluding hydrogens is 1140 g/mol. The Bertz CT molecular complexity index is 2600. The Morgan fingerprint density at radius 1 is 0.511 bits per heavy atom. The van der Waals surface area contributed by atoms with E-state index in [-0.39, 0.29) is 40.3 Å². The number of hydrogen-bond donors (Lipinski definition) is 0. The molecule has 6 fully saturated rings. The fraction of sp³-hybridized carbons (Fsp3) is 0.836. The standard InChI is InChI=1S/C67H102O21/c1-16-17-18-19-20-21-22-23-24-33-77-61(76)64(12)30-29-63(11)31-32-66(14)45(46(63)35-64)34-47(75)58-65(13)27-26-51(62(9,10)50(65)25-28-67(58,66)15)87-59-56(83-43(7)73)55(82-42(6)72)53(49(85-59)37-79-39(3)69)88-60-57(84-44(8)74)54(81-41(5)71)52(80-40(4)70)48(86-60)36-78-38(2)68/h34,46,48-60H,16-33,35-37H2,1-15H3/t46-,48+,49+,50-,51-,52-,53+,54-,55-,56+,57+,58+,59-,60-,63+,64-,65-,66+,67+/m0/s1. The van der Waals surface area contributed by atoms with E-state index in [1.165, 1.54) is 44.1 Å². The van der Waals surface area contributed by atoms with Gasteiger partial charge in [-0.15, -0.1) is 0 Å². The van der Waals surface area contributed by atoms with Crippen LogP contribution in [0.4, 0.5) is 0 Å². The van der Waals surface area contributed by atoms with Crippen LogP contribution in [-0.4, -0.2) is 141 Å². The lowest BCUT2D eigenvalue weighted by molar-refractivity contribution is -0.369. The Labute approximate surface area is 520 Å². The van der Waals surface area contributed by atoms with E-state index in [0.717, 1.165) is 106 Å². The van der Waals surface area contributed by atoms with Gasteiger partial charge in [0.25, 0.3) is 0 Å². The smallest absolute Gasteiger partial charge is 0.311 e. The molecule has 2 heterocycles. The predicted molar refractivity (Wildman–Crippen MR) is 316 cm³/mol. The maximum atomic E-state index is 15.5. The molecule has 7 rings (SSSR count). The number of hydrogen-bond acceptors (Lipinski definition) is 21. The van der Waals surface area contributed by atoms with Crippen LogP contribution in [0, 0.1) is 50.2 Å². The average molecular weight is 1240 g/mol. The van der Waals surface area contributed by atoms with Crippen molar-refractivity contribution < 1.29 is 100.0 Å². The van der Waals surface area contributed by atoms with Gasteiger partial charge in [0.1, 0.15) is 31.5 Å². The minimum Gasteiger partial charge on any atom is -0.465 e. The van der Waals surface area contributed by atoms with E-state index in [4.69, 9.17) is 56.8 Å². The first-order valence-corrected chi connectivity index (χ1v) is 32.4. The van der Waals surface area contributed by atoms with Crippen LogP contribution in [0.15, 0.2) is 11.6 Å². The third-order valence-corrected chi connectivity index (χ3v) is 21.7. The van der Waals surface area contributed by atoms with Gasteiger partial charge in [-0.2, -0.15) is 0 Å². The molecule has 7 aliphatic rings. The molecule has 0 amide bonds. The Balaban J connectivity index is 1.15. The molecule has 21 heteroatoms. The molecule has 5 aliphatic carbocycles. The number of allylic oxidation sites excluding steroid dienone is 2. The van der Waals surface area contributed by atoms with E-state index in [1.807, 2.05) is 6.08 Å². The van der Waals surface area contributed by atoms with E-state index in [2.05, 4.69) is 55.4 Å². The van der Waals surface area contributed by atoms with Gasteiger partial charge in [0.15, 0.2) is 48.9 Å². The second kappa shape index (κ2) is 28.7. The van der Waals surface area contributed by atoms with Gasteiger partial charge in [-0.25, -0.2) is 0 Å². The molecule has 0 radical (unpaired) electrons. The summed E-state index contributed by atoms with van der Waals surface area (Å²) in [6.07, 6.45) is 2.68. The van der Waals surface area contributed by atoms with Crippen LogP contribution in [0.3, 0.4) is 0 Å². The number of fused-ring (bicyclic) bond motifs is 7. The van der Waals surface area contributed by atoms with Crippen LogP contribution in [0.25, 0.3) is 0 Å². The minimum atomic E-state index is -1.84. The maximum Gasteiger partial charge on any atom is 0.311 e. The lowest BCUT2D eigenvalue weighted by Gasteiger charge is -2.70. The fourth-order valence-corrected chi connectivity index (χ4v) is 17.1. The average Bonchev–Trinajstić information content (AvgIpc) is 0.681. The number of carbonyl (C=O) groups excluding carboxylic acids is 9. The normalized spacial score (nSPS) is 38.2. The van der Waals surface area contributed by atoms with E-state index < -0.39 is 144 Å². The summed E-state index contributed by atoms with van der Waals surface area (Å²) in [4.78, 5) is 119. The summed E-state index contributed by atoms with van der Waals surface area (Å²) in [5.41, 5.74) is -1.49. The predicted octanol–water partition coefficient (Wildman–Crippen LogP) is 10.0. The quantitative estimate of drug-likeness (QED) is 0.0376. The van der Waals surface area contributed by atoms with Gasteiger partial charge in [0.2, 0.25) is 0 Å². The van der Waals surface area contributed by atoms with Crippen molar-refractivity contribution in [2.24, 2.45) is 50.2 Å². The number of esters is 8. The van der Waals surface area contributed by atoms with Crippen molar-refractivity contribution in [2.45, 2.75) is 287 Å². The molecule has 0 bridgehead atoms. The van der Waals surface area contributed by atoms with Crippen molar-refractivity contribution in [2.75, 3.05) is 19.8 Å². The monoisotopic (exact) mass is 1240 g/mol. The van der Waals surface area contributed by atoms with Crippen LogP contribution in [0.5, 0.6) is 0 Å². The lowest BCUT2D eigenvalue weighted by atomic mass is 9.33. The highest BCUT2D eigenvalue weighted by Gasteiger charge is 2.71. The molecule has 4 saturated carbocycles. The van der Waals surface area contributed by atoms with Crippen LogP contribution in [-0.2, 0) is 100.0 Å². The van der Waals surface area contributed by atoms with Crippen LogP contribution in [0.1, 0.15) is 219 Å². The first-order chi connectivity index (χ1) is 41.2. The van der Waals surface area contributed by atoms with Gasteiger partial charge in [-0.05, 0) is 116 Å². The number of unbranched alkanes of at least 4 members (excludes halogenated alkanes) is 8. The van der Waals surface area contributed by atoms with E-state index in [0.29, 0.717) is 25.9 Å². The Morgan fingerprint density at radius 3 is 1.52 bits per heavy atom. The molecular formula is C67H102O21. The van der Waals surface area contributed by atoms with Crippen molar-refractivity contribution in [3.05, 3.63) is 11.6 Å². The third-order valence-electron chi connectivity index (χ3n) is 21.7. The number of ether oxygens (including phenoxy) is 12. The second-order valence-electron chi connectivity index (χ2n) is 28.4. The number of carbonyl (C=O) groups is 9. The molecule has 2 aliphatic heterocycles. The highest BCUT2D eigenvalue weighted by Crippen LogP contribution is 2.75. The van der Waals surface area contributed by atoms with E-state index >= 15 is 4.79 Å². The topological polar surface area (TPSA) is 264 Å². The SMILES string of the molecule is CCCCCCCCCCCOC(=O)[C@@]1(C)CC[C@]2(C)CC[C@]3(C)C(=CC(=O)[C@@H]4[C@@]5(C)CC[C@H](O[C@@H]6O[C@H](COC(C)=O)[C@@H](O[C@@H]7O[C@H](COC(C)=O)[C@H](OC(C)=O)[C@H](OC(C)=O)[C@H]7OC(C)=O)[C@H](OC(C)=O)[C@H]6OC(C)=O)C(C)(C)[C@@H]5CC[C@]43C)[C@@H]2C1. The molecule has 0 aromatic carbocycles. The van der Waals surface area contributed by atoms with Crippen LogP contribution < -0.4 is 0 Å². The van der Waals surface area contributed by atoms with Gasteiger partial charge in [-0.1, -0.05) is 105 Å².